The molecule has 0 aliphatic heterocycles. The summed E-state index contributed by atoms with van der Waals surface area (Å²) in [6.45, 7) is -0.277. The molecule has 3 nitrogen and oxygen atoms in total. The van der Waals surface area contributed by atoms with E-state index in [0.717, 1.165) is 6.07 Å². The SMILES string of the molecule is OCCC(O)C(O)c1cc(Cl)ccc1F. The molecule has 5 heteroatoms. The normalized spacial score (nSPS) is 15.0. The maximum absolute atomic E-state index is 13.2. The third-order valence-corrected chi connectivity index (χ3v) is 2.30. The smallest absolute Gasteiger partial charge is 0.129 e. The van der Waals surface area contributed by atoms with Crippen molar-refractivity contribution in [2.75, 3.05) is 6.61 Å². The molecule has 3 N–H and O–H groups in total. The highest BCUT2D eigenvalue weighted by molar-refractivity contribution is 6.30. The molecule has 84 valence electrons. The average Bonchev–Trinajstić information content (AvgIpc) is 2.21. The predicted molar refractivity (Wildman–Crippen MR) is 54.1 cm³/mol. The highest BCUT2D eigenvalue weighted by atomic mass is 35.5. The third kappa shape index (κ3) is 3.14. The Labute approximate surface area is 91.7 Å². The zero-order chi connectivity index (χ0) is 11.4. The highest BCUT2D eigenvalue weighted by Crippen LogP contribution is 2.24. The summed E-state index contributed by atoms with van der Waals surface area (Å²) in [5.74, 6) is -0.635. The second kappa shape index (κ2) is 5.42. The maximum atomic E-state index is 13.2. The van der Waals surface area contributed by atoms with Crippen molar-refractivity contribution in [3.8, 4) is 0 Å². The first-order valence-corrected chi connectivity index (χ1v) is 4.86. The van der Waals surface area contributed by atoms with Crippen LogP contribution in [0.2, 0.25) is 5.02 Å². The Bertz CT molecular complexity index is 332. The van der Waals surface area contributed by atoms with E-state index in [1.807, 2.05) is 0 Å². The van der Waals surface area contributed by atoms with Crippen molar-refractivity contribution >= 4 is 11.6 Å². The molecule has 0 radical (unpaired) electrons. The average molecular weight is 235 g/mol. The molecule has 0 amide bonds. The quantitative estimate of drug-likeness (QED) is 0.735. The second-order valence-corrected chi connectivity index (χ2v) is 3.63. The first-order valence-electron chi connectivity index (χ1n) is 4.48. The standard InChI is InChI=1S/C10H12ClFO3/c11-6-1-2-8(12)7(5-6)10(15)9(14)3-4-13/h1-2,5,9-10,13-15H,3-4H2. The Morgan fingerprint density at radius 3 is 2.60 bits per heavy atom. The van der Waals surface area contributed by atoms with Gasteiger partial charge in [-0.2, -0.15) is 0 Å². The van der Waals surface area contributed by atoms with Gasteiger partial charge in [-0.1, -0.05) is 11.6 Å². The molecule has 0 fully saturated rings. The lowest BCUT2D eigenvalue weighted by molar-refractivity contribution is 0.00237. The van der Waals surface area contributed by atoms with Crippen LogP contribution in [0, 0.1) is 5.82 Å². The van der Waals surface area contributed by atoms with E-state index in [4.69, 9.17) is 16.7 Å². The highest BCUT2D eigenvalue weighted by Gasteiger charge is 2.21. The monoisotopic (exact) mass is 234 g/mol. The van der Waals surface area contributed by atoms with Crippen molar-refractivity contribution in [2.45, 2.75) is 18.6 Å². The Kier molecular flexibility index (Phi) is 4.47. The molecule has 0 bridgehead atoms. The van der Waals surface area contributed by atoms with Gasteiger partial charge in [0.1, 0.15) is 11.9 Å². The lowest BCUT2D eigenvalue weighted by atomic mass is 10.0. The van der Waals surface area contributed by atoms with E-state index < -0.39 is 18.0 Å². The summed E-state index contributed by atoms with van der Waals surface area (Å²) in [5.41, 5.74) is -0.0662. The van der Waals surface area contributed by atoms with Crippen molar-refractivity contribution in [3.63, 3.8) is 0 Å². The van der Waals surface area contributed by atoms with E-state index in [1.54, 1.807) is 0 Å². The van der Waals surface area contributed by atoms with Crippen LogP contribution in [0.5, 0.6) is 0 Å². The molecular weight excluding hydrogens is 223 g/mol. The molecule has 2 unspecified atom stereocenters. The molecule has 0 aromatic heterocycles. The van der Waals surface area contributed by atoms with Crippen molar-refractivity contribution in [3.05, 3.63) is 34.6 Å². The molecule has 2 atom stereocenters. The van der Waals surface area contributed by atoms with Crippen LogP contribution in [0.1, 0.15) is 18.1 Å². The van der Waals surface area contributed by atoms with Crippen LogP contribution >= 0.6 is 11.6 Å². The molecule has 0 heterocycles. The molecule has 0 spiro atoms. The summed E-state index contributed by atoms with van der Waals surface area (Å²) in [4.78, 5) is 0. The molecule has 0 saturated carbocycles. The third-order valence-electron chi connectivity index (χ3n) is 2.07. The fraction of sp³-hybridized carbons (Fsp3) is 0.400. The number of rotatable bonds is 4. The molecule has 0 saturated heterocycles. The van der Waals surface area contributed by atoms with Crippen LogP contribution in [0.3, 0.4) is 0 Å². The van der Waals surface area contributed by atoms with Gasteiger partial charge in [-0.3, -0.25) is 0 Å². The fourth-order valence-corrected chi connectivity index (χ4v) is 1.42. The second-order valence-electron chi connectivity index (χ2n) is 3.19. The summed E-state index contributed by atoms with van der Waals surface area (Å²) in [6, 6.07) is 3.72. The Morgan fingerprint density at radius 1 is 1.33 bits per heavy atom. The molecule has 1 rings (SSSR count). The lowest BCUT2D eigenvalue weighted by Crippen LogP contribution is -2.20. The molecular formula is C10H12ClFO3. The van der Waals surface area contributed by atoms with Crippen molar-refractivity contribution in [1.82, 2.24) is 0 Å². The van der Waals surface area contributed by atoms with Gasteiger partial charge in [-0.25, -0.2) is 4.39 Å². The molecule has 0 aliphatic rings. The topological polar surface area (TPSA) is 60.7 Å². The summed E-state index contributed by atoms with van der Waals surface area (Å²) in [5, 5.41) is 27.8. The number of halogens is 2. The van der Waals surface area contributed by atoms with E-state index >= 15 is 0 Å². The van der Waals surface area contributed by atoms with Gasteiger partial charge in [0, 0.05) is 17.2 Å². The number of aliphatic hydroxyl groups excluding tert-OH is 3. The van der Waals surface area contributed by atoms with Crippen LogP contribution < -0.4 is 0 Å². The molecule has 15 heavy (non-hydrogen) atoms. The summed E-state index contributed by atoms with van der Waals surface area (Å²) < 4.78 is 13.2. The van der Waals surface area contributed by atoms with Gasteiger partial charge in [0.05, 0.1) is 6.10 Å². The number of hydrogen-bond acceptors (Lipinski definition) is 3. The number of hydrogen-bond donors (Lipinski definition) is 3. The van der Waals surface area contributed by atoms with Crippen LogP contribution in [0.15, 0.2) is 18.2 Å². The Balaban J connectivity index is 2.89. The Hall–Kier alpha value is -0.680. The summed E-state index contributed by atoms with van der Waals surface area (Å²) in [6.07, 6.45) is -2.61. The summed E-state index contributed by atoms with van der Waals surface area (Å²) >= 11 is 5.63. The number of aliphatic hydroxyl groups is 3. The van der Waals surface area contributed by atoms with Gasteiger partial charge < -0.3 is 15.3 Å². The van der Waals surface area contributed by atoms with Crippen LogP contribution in [0.4, 0.5) is 4.39 Å². The van der Waals surface area contributed by atoms with E-state index in [0.29, 0.717) is 0 Å². The van der Waals surface area contributed by atoms with Crippen LogP contribution in [-0.4, -0.2) is 28.0 Å². The first kappa shape index (κ1) is 12.4. The van der Waals surface area contributed by atoms with Crippen LogP contribution in [-0.2, 0) is 0 Å². The number of benzene rings is 1. The van der Waals surface area contributed by atoms with Crippen LogP contribution in [0.25, 0.3) is 0 Å². The van der Waals surface area contributed by atoms with E-state index in [1.165, 1.54) is 12.1 Å². The zero-order valence-corrected chi connectivity index (χ0v) is 8.65. The fourth-order valence-electron chi connectivity index (χ4n) is 1.24. The minimum absolute atomic E-state index is 0.0207. The van der Waals surface area contributed by atoms with E-state index in [2.05, 4.69) is 0 Å². The van der Waals surface area contributed by atoms with Crippen molar-refractivity contribution in [2.24, 2.45) is 0 Å². The molecule has 1 aromatic carbocycles. The summed E-state index contributed by atoms with van der Waals surface area (Å²) in [7, 11) is 0. The van der Waals surface area contributed by atoms with Crippen molar-refractivity contribution in [1.29, 1.82) is 0 Å². The molecule has 1 aromatic rings. The largest absolute Gasteiger partial charge is 0.396 e. The predicted octanol–water partition coefficient (Wildman–Crippen LogP) is 1.26. The van der Waals surface area contributed by atoms with Gasteiger partial charge in [-0.15, -0.1) is 0 Å². The minimum atomic E-state index is -1.38. The van der Waals surface area contributed by atoms with E-state index in [9.17, 15) is 14.6 Å². The van der Waals surface area contributed by atoms with Gasteiger partial charge in [0.15, 0.2) is 0 Å². The maximum Gasteiger partial charge on any atom is 0.129 e. The Morgan fingerprint density at radius 2 is 2.00 bits per heavy atom. The van der Waals surface area contributed by atoms with Crippen molar-refractivity contribution < 1.29 is 19.7 Å². The van der Waals surface area contributed by atoms with Gasteiger partial charge in [0.25, 0.3) is 0 Å². The zero-order valence-electron chi connectivity index (χ0n) is 7.90. The van der Waals surface area contributed by atoms with Gasteiger partial charge in [0.2, 0.25) is 0 Å². The first-order chi connectivity index (χ1) is 7.06. The van der Waals surface area contributed by atoms with Gasteiger partial charge in [-0.05, 0) is 24.6 Å². The lowest BCUT2D eigenvalue weighted by Gasteiger charge is -2.17. The molecule has 0 aliphatic carbocycles. The van der Waals surface area contributed by atoms with Gasteiger partial charge >= 0.3 is 0 Å². The minimum Gasteiger partial charge on any atom is -0.396 e. The van der Waals surface area contributed by atoms with E-state index in [-0.39, 0.29) is 23.6 Å².